The first-order chi connectivity index (χ1) is 42.9. The molecule has 6 nitrogen and oxygen atoms in total. The van der Waals surface area contributed by atoms with Gasteiger partial charge in [-0.3, -0.25) is 0 Å². The number of benzene rings is 17. The van der Waals surface area contributed by atoms with E-state index in [9.17, 15) is 5.26 Å². The topological polar surface area (TPSA) is 51.0 Å². The lowest BCUT2D eigenvalue weighted by Gasteiger charge is -2.27. The van der Waals surface area contributed by atoms with Gasteiger partial charge in [0.25, 0.3) is 0 Å². The second-order valence-electron chi connectivity index (χ2n) is 22.3. The molecule has 0 aromatic heterocycles. The Morgan fingerprint density at radius 2 is 0.552 bits per heavy atom. The van der Waals surface area contributed by atoms with E-state index in [-0.39, 0.29) is 0 Å². The van der Waals surface area contributed by atoms with Crippen LogP contribution in [0, 0.1) is 24.5 Å². The van der Waals surface area contributed by atoms with Crippen molar-refractivity contribution in [3.05, 3.63) is 314 Å². The molecule has 0 fully saturated rings. The SMILES string of the molecule is [C-]#[N+]c1ccc(N(c2ccc(-c3ccc(N(c4ccc(C#N)cc4)c4cc5ccc6cccc7ccc(c4)c5c67)cc3)cc2)c2cc3ccc4cccc5ccc(c2)c3c45)cc1.[C-]#[N+]c1ccc(Nc2cc3ccc4cccc5ccc(c2)c3c45)cc1. The van der Waals surface area contributed by atoms with Gasteiger partial charge in [-0.2, -0.15) is 5.26 Å². The summed E-state index contributed by atoms with van der Waals surface area (Å²) in [7, 11) is 0. The van der Waals surface area contributed by atoms with Crippen LogP contribution >= 0.6 is 0 Å². The maximum absolute atomic E-state index is 9.61. The Kier molecular flexibility index (Phi) is 11.9. The predicted octanol–water partition coefficient (Wildman–Crippen LogP) is 23.4. The molecule has 17 rings (SSSR count). The molecule has 0 amide bonds. The van der Waals surface area contributed by atoms with Crippen LogP contribution < -0.4 is 15.1 Å². The van der Waals surface area contributed by atoms with Crippen LogP contribution in [-0.2, 0) is 0 Å². The van der Waals surface area contributed by atoms with Gasteiger partial charge in [0.2, 0.25) is 0 Å². The van der Waals surface area contributed by atoms with Crippen LogP contribution in [0.15, 0.2) is 285 Å². The van der Waals surface area contributed by atoms with Gasteiger partial charge in [-0.05, 0) is 217 Å². The van der Waals surface area contributed by atoms with Crippen LogP contribution in [0.1, 0.15) is 5.56 Å². The summed E-state index contributed by atoms with van der Waals surface area (Å²) in [6, 6.07) is 102. The van der Waals surface area contributed by atoms with Crippen LogP contribution in [0.2, 0.25) is 0 Å². The molecule has 87 heavy (non-hydrogen) atoms. The van der Waals surface area contributed by atoms with Crippen LogP contribution in [0.3, 0.4) is 0 Å². The first-order valence-electron chi connectivity index (χ1n) is 29.0. The van der Waals surface area contributed by atoms with Crippen molar-refractivity contribution in [2.45, 2.75) is 0 Å². The van der Waals surface area contributed by atoms with Crippen molar-refractivity contribution < 1.29 is 0 Å². The van der Waals surface area contributed by atoms with Crippen molar-refractivity contribution in [1.82, 2.24) is 0 Å². The number of nitriles is 1. The second-order valence-corrected chi connectivity index (χ2v) is 22.3. The molecule has 0 bridgehead atoms. The first kappa shape index (κ1) is 50.5. The van der Waals surface area contributed by atoms with E-state index in [0.29, 0.717) is 16.9 Å². The Morgan fingerprint density at radius 3 is 0.874 bits per heavy atom. The zero-order valence-electron chi connectivity index (χ0n) is 46.9. The zero-order valence-corrected chi connectivity index (χ0v) is 46.9. The molecule has 0 aliphatic rings. The van der Waals surface area contributed by atoms with E-state index in [0.717, 1.165) is 56.6 Å². The smallest absolute Gasteiger partial charge is 0.187 e. The molecule has 0 atom stereocenters. The van der Waals surface area contributed by atoms with E-state index in [1.807, 2.05) is 72.8 Å². The summed E-state index contributed by atoms with van der Waals surface area (Å²) in [5.41, 5.74) is 12.2. The molecular formula is C81H48N6. The van der Waals surface area contributed by atoms with Gasteiger partial charge in [0, 0.05) is 45.5 Å². The molecule has 402 valence electrons. The fourth-order valence-corrected chi connectivity index (χ4v) is 13.2. The van der Waals surface area contributed by atoms with Gasteiger partial charge in [-0.1, -0.05) is 176 Å². The molecule has 0 radical (unpaired) electrons. The van der Waals surface area contributed by atoms with Crippen molar-refractivity contribution in [2.75, 3.05) is 15.1 Å². The number of nitrogens with one attached hydrogen (secondary N) is 1. The Hall–Kier alpha value is -12.3. The van der Waals surface area contributed by atoms with Crippen molar-refractivity contribution in [1.29, 1.82) is 5.26 Å². The van der Waals surface area contributed by atoms with E-state index in [1.165, 1.54) is 97.0 Å². The van der Waals surface area contributed by atoms with E-state index in [1.54, 1.807) is 0 Å². The van der Waals surface area contributed by atoms with E-state index < -0.39 is 0 Å². The number of rotatable bonds is 9. The largest absolute Gasteiger partial charge is 0.356 e. The molecule has 6 heteroatoms. The third kappa shape index (κ3) is 8.79. The standard InChI is InChI=1S/C58H34N4.C23H14N2/c1-60-48-22-30-52(31-23-48)62(54-34-46-16-12-42-6-3-7-43-13-17-47(35-54)58(46)56(42)43)51-28-20-39(21-29-51)38-18-26-50(27-19-38)61(49-24-8-37(36-59)9-25-49)53-32-44-14-10-40-4-2-5-41-11-15-45(33-53)57(44)55(40)41;1-24-19-9-11-20(12-10-19)25-21-13-17-7-5-15-3-2-4-16-6-8-18(14-21)23(17)22(15)16/h2-35H;2-14,25H. The number of hydrogen-bond donors (Lipinski definition) is 1. The fourth-order valence-electron chi connectivity index (χ4n) is 13.2. The Balaban J connectivity index is 0.000000203. The van der Waals surface area contributed by atoms with Crippen molar-refractivity contribution in [2.24, 2.45) is 0 Å². The molecule has 1 N–H and O–H groups in total. The molecule has 17 aromatic carbocycles. The van der Waals surface area contributed by atoms with E-state index in [2.05, 4.69) is 243 Å². The lowest BCUT2D eigenvalue weighted by atomic mass is 9.93. The number of hydrogen-bond acceptors (Lipinski definition) is 4. The van der Waals surface area contributed by atoms with Gasteiger partial charge in [0.1, 0.15) is 0 Å². The third-order valence-electron chi connectivity index (χ3n) is 17.2. The third-order valence-corrected chi connectivity index (χ3v) is 17.2. The van der Waals surface area contributed by atoms with Crippen molar-refractivity contribution in [3.63, 3.8) is 0 Å². The summed E-state index contributed by atoms with van der Waals surface area (Å²) in [6.07, 6.45) is 0. The minimum Gasteiger partial charge on any atom is -0.356 e. The highest BCUT2D eigenvalue weighted by molar-refractivity contribution is 6.26. The molecule has 0 saturated heterocycles. The monoisotopic (exact) mass is 1100 g/mol. The zero-order chi connectivity index (χ0) is 58.1. The predicted molar refractivity (Wildman–Crippen MR) is 366 cm³/mol. The highest BCUT2D eigenvalue weighted by atomic mass is 15.1. The average Bonchev–Trinajstić information content (AvgIpc) is 1.05. The maximum atomic E-state index is 9.61. The summed E-state index contributed by atoms with van der Waals surface area (Å²) in [5.74, 6) is 0. The van der Waals surface area contributed by atoms with Crippen LogP contribution in [0.4, 0.5) is 56.9 Å². The first-order valence-corrected chi connectivity index (χ1v) is 29.0. The average molecular weight is 1110 g/mol. The fraction of sp³-hybridized carbons (Fsp3) is 0. The summed E-state index contributed by atoms with van der Waals surface area (Å²) < 4.78 is 0. The normalized spacial score (nSPS) is 11.4. The summed E-state index contributed by atoms with van der Waals surface area (Å²) in [4.78, 5) is 11.6. The molecule has 0 spiro atoms. The number of anilines is 8. The van der Waals surface area contributed by atoms with Gasteiger partial charge >= 0.3 is 0 Å². The summed E-state index contributed by atoms with van der Waals surface area (Å²) in [5, 5.41) is 35.7. The lowest BCUT2D eigenvalue weighted by Crippen LogP contribution is -2.10. The lowest BCUT2D eigenvalue weighted by molar-refractivity contribution is 1.29. The minimum absolute atomic E-state index is 0.611. The van der Waals surface area contributed by atoms with E-state index in [4.69, 9.17) is 13.1 Å². The highest BCUT2D eigenvalue weighted by Crippen LogP contribution is 2.45. The Labute approximate surface area is 502 Å². The minimum atomic E-state index is 0.611. The molecule has 0 unspecified atom stereocenters. The van der Waals surface area contributed by atoms with Crippen molar-refractivity contribution >= 4 is 154 Å². The van der Waals surface area contributed by atoms with Crippen LogP contribution in [0.25, 0.3) is 118 Å². The van der Waals surface area contributed by atoms with Gasteiger partial charge < -0.3 is 15.1 Å². The molecule has 17 aromatic rings. The Bertz CT molecular complexity index is 5180. The van der Waals surface area contributed by atoms with Crippen LogP contribution in [0.5, 0.6) is 0 Å². The maximum Gasteiger partial charge on any atom is 0.187 e. The van der Waals surface area contributed by atoms with E-state index >= 15 is 0 Å². The van der Waals surface area contributed by atoms with Crippen LogP contribution in [-0.4, -0.2) is 0 Å². The quantitative estimate of drug-likeness (QED) is 0.116. The van der Waals surface area contributed by atoms with Gasteiger partial charge in [-0.25, -0.2) is 9.69 Å². The Morgan fingerprint density at radius 1 is 0.276 bits per heavy atom. The molecule has 0 aliphatic heterocycles. The number of nitrogens with zero attached hydrogens (tertiary/aromatic N) is 5. The second kappa shape index (κ2) is 20.6. The summed E-state index contributed by atoms with van der Waals surface area (Å²) in [6.45, 7) is 14.6. The molecule has 0 aliphatic carbocycles. The molecular weight excluding hydrogens is 1060 g/mol. The summed E-state index contributed by atoms with van der Waals surface area (Å²) >= 11 is 0. The van der Waals surface area contributed by atoms with Crippen molar-refractivity contribution in [3.8, 4) is 17.2 Å². The molecule has 0 heterocycles. The van der Waals surface area contributed by atoms with Gasteiger partial charge in [0.05, 0.1) is 24.8 Å². The molecule has 0 saturated carbocycles. The van der Waals surface area contributed by atoms with Gasteiger partial charge in [0.15, 0.2) is 11.4 Å². The highest BCUT2D eigenvalue weighted by Gasteiger charge is 2.20. The van der Waals surface area contributed by atoms with Gasteiger partial charge in [-0.15, -0.1) is 0 Å².